The van der Waals surface area contributed by atoms with Gasteiger partial charge in [-0.2, -0.15) is 5.10 Å². The predicted molar refractivity (Wildman–Crippen MR) is 102 cm³/mol. The Morgan fingerprint density at radius 2 is 1.93 bits per heavy atom. The smallest absolute Gasteiger partial charge is 0.225 e. The molecule has 6 heteroatoms. The van der Waals surface area contributed by atoms with Crippen LogP contribution in [0.1, 0.15) is 43.2 Å². The van der Waals surface area contributed by atoms with Gasteiger partial charge in [-0.1, -0.05) is 43.2 Å². The molecular formula is C21H26N4O2. The van der Waals surface area contributed by atoms with Gasteiger partial charge in [-0.05, 0) is 18.4 Å². The molecule has 1 saturated carbocycles. The molecule has 142 valence electrons. The summed E-state index contributed by atoms with van der Waals surface area (Å²) < 4.78 is 1.87. The first kappa shape index (κ1) is 17.8. The molecule has 27 heavy (non-hydrogen) atoms. The number of hydrogen-bond donors (Lipinski definition) is 1. The van der Waals surface area contributed by atoms with E-state index < -0.39 is 0 Å². The number of benzene rings is 1. The molecule has 1 aliphatic heterocycles. The van der Waals surface area contributed by atoms with Crippen LogP contribution in [0.2, 0.25) is 0 Å². The molecule has 1 aromatic heterocycles. The van der Waals surface area contributed by atoms with E-state index >= 15 is 0 Å². The molecule has 1 saturated heterocycles. The maximum atomic E-state index is 12.5. The van der Waals surface area contributed by atoms with Crippen molar-refractivity contribution in [2.45, 2.75) is 51.2 Å². The Hall–Kier alpha value is -2.63. The molecule has 6 nitrogen and oxygen atoms in total. The van der Waals surface area contributed by atoms with E-state index in [0.29, 0.717) is 32.1 Å². The highest BCUT2D eigenvalue weighted by Crippen LogP contribution is 2.29. The second kappa shape index (κ2) is 7.94. The minimum Gasteiger partial charge on any atom is -0.352 e. The fourth-order valence-corrected chi connectivity index (χ4v) is 4.16. The largest absolute Gasteiger partial charge is 0.352 e. The van der Waals surface area contributed by atoms with Crippen molar-refractivity contribution in [3.05, 3.63) is 53.9 Å². The van der Waals surface area contributed by atoms with Crippen LogP contribution in [0.5, 0.6) is 0 Å². The second-order valence-electron chi connectivity index (χ2n) is 7.63. The molecule has 2 heterocycles. The Labute approximate surface area is 159 Å². The SMILES string of the molecule is O=C(NCc1cnn(Cc2ccccc2)c1)C1CC(=O)N(C2CCCC2)C1. The van der Waals surface area contributed by atoms with Gasteiger partial charge in [-0.3, -0.25) is 14.3 Å². The standard InChI is InChI=1S/C21H26N4O2/c26-20-10-18(15-25(20)19-8-4-5-9-19)21(27)22-11-17-12-23-24(14-17)13-16-6-2-1-3-7-16/h1-3,6-7,12,14,18-19H,4-5,8-11,13,15H2,(H,22,27). The number of carbonyl (C=O) groups excluding carboxylic acids is 2. The highest BCUT2D eigenvalue weighted by molar-refractivity contribution is 5.89. The van der Waals surface area contributed by atoms with E-state index in [1.165, 1.54) is 18.4 Å². The van der Waals surface area contributed by atoms with Gasteiger partial charge in [-0.25, -0.2) is 0 Å². The van der Waals surface area contributed by atoms with E-state index in [1.807, 2.05) is 34.0 Å². The molecule has 0 spiro atoms. The molecule has 1 aromatic carbocycles. The first-order chi connectivity index (χ1) is 13.2. The van der Waals surface area contributed by atoms with Crippen LogP contribution < -0.4 is 5.32 Å². The third-order valence-corrected chi connectivity index (χ3v) is 5.64. The third kappa shape index (κ3) is 4.21. The summed E-state index contributed by atoms with van der Waals surface area (Å²) >= 11 is 0. The van der Waals surface area contributed by atoms with E-state index in [0.717, 1.165) is 18.4 Å². The molecule has 1 N–H and O–H groups in total. The summed E-state index contributed by atoms with van der Waals surface area (Å²) in [5.41, 5.74) is 2.16. The van der Waals surface area contributed by atoms with Crippen molar-refractivity contribution in [3.8, 4) is 0 Å². The Morgan fingerprint density at radius 1 is 1.15 bits per heavy atom. The van der Waals surface area contributed by atoms with E-state index in [2.05, 4.69) is 22.5 Å². The minimum absolute atomic E-state index is 0.0281. The first-order valence-electron chi connectivity index (χ1n) is 9.81. The number of nitrogens with one attached hydrogen (secondary N) is 1. The predicted octanol–water partition coefficient (Wildman–Crippen LogP) is 2.34. The lowest BCUT2D eigenvalue weighted by molar-refractivity contribution is -0.130. The fourth-order valence-electron chi connectivity index (χ4n) is 4.16. The minimum atomic E-state index is -0.225. The van der Waals surface area contributed by atoms with Gasteiger partial charge in [0.2, 0.25) is 11.8 Å². The summed E-state index contributed by atoms with van der Waals surface area (Å²) in [6, 6.07) is 10.5. The quantitative estimate of drug-likeness (QED) is 0.853. The topological polar surface area (TPSA) is 67.2 Å². The van der Waals surface area contributed by atoms with E-state index in [1.54, 1.807) is 6.20 Å². The molecule has 0 radical (unpaired) electrons. The van der Waals surface area contributed by atoms with Crippen molar-refractivity contribution < 1.29 is 9.59 Å². The zero-order chi connectivity index (χ0) is 18.6. The van der Waals surface area contributed by atoms with Gasteiger partial charge in [0.15, 0.2) is 0 Å². The number of carbonyl (C=O) groups is 2. The van der Waals surface area contributed by atoms with E-state index in [4.69, 9.17) is 0 Å². The molecular weight excluding hydrogens is 340 g/mol. The molecule has 2 amide bonds. The number of amides is 2. The molecule has 2 aliphatic rings. The first-order valence-corrected chi connectivity index (χ1v) is 9.81. The lowest BCUT2D eigenvalue weighted by Gasteiger charge is -2.23. The fraction of sp³-hybridized carbons (Fsp3) is 0.476. The summed E-state index contributed by atoms with van der Waals surface area (Å²) in [6.45, 7) is 1.73. The van der Waals surface area contributed by atoms with Crippen LogP contribution in [0.15, 0.2) is 42.7 Å². The number of rotatable bonds is 6. The Balaban J connectivity index is 1.28. The zero-order valence-electron chi connectivity index (χ0n) is 15.5. The van der Waals surface area contributed by atoms with Crippen molar-refractivity contribution in [1.29, 1.82) is 0 Å². The monoisotopic (exact) mass is 366 g/mol. The van der Waals surface area contributed by atoms with Crippen molar-refractivity contribution in [2.75, 3.05) is 6.54 Å². The molecule has 1 aliphatic carbocycles. The van der Waals surface area contributed by atoms with Gasteiger partial charge in [0.1, 0.15) is 0 Å². The van der Waals surface area contributed by atoms with E-state index in [-0.39, 0.29) is 17.7 Å². The van der Waals surface area contributed by atoms with Gasteiger partial charge < -0.3 is 10.2 Å². The average Bonchev–Trinajstić information content (AvgIpc) is 3.41. The Bertz CT molecular complexity index is 796. The Morgan fingerprint density at radius 3 is 2.70 bits per heavy atom. The summed E-state index contributed by atoms with van der Waals surface area (Å²) in [5.74, 6) is -0.116. The van der Waals surface area contributed by atoms with Crippen molar-refractivity contribution >= 4 is 11.8 Å². The lowest BCUT2D eigenvalue weighted by atomic mass is 10.1. The van der Waals surface area contributed by atoms with Crippen LogP contribution in [0.25, 0.3) is 0 Å². The number of likely N-dealkylation sites (tertiary alicyclic amines) is 1. The van der Waals surface area contributed by atoms with Crippen molar-refractivity contribution in [2.24, 2.45) is 5.92 Å². The number of aromatic nitrogens is 2. The van der Waals surface area contributed by atoms with Crippen LogP contribution in [-0.2, 0) is 22.7 Å². The summed E-state index contributed by atoms with van der Waals surface area (Å²) in [6.07, 6.45) is 8.64. The van der Waals surface area contributed by atoms with Gasteiger partial charge in [-0.15, -0.1) is 0 Å². The average molecular weight is 366 g/mol. The molecule has 1 unspecified atom stereocenters. The summed E-state index contributed by atoms with van der Waals surface area (Å²) in [5, 5.41) is 7.34. The van der Waals surface area contributed by atoms with Crippen LogP contribution >= 0.6 is 0 Å². The lowest BCUT2D eigenvalue weighted by Crippen LogP contribution is -2.36. The molecule has 1 atom stereocenters. The van der Waals surface area contributed by atoms with Gasteiger partial charge >= 0.3 is 0 Å². The summed E-state index contributed by atoms with van der Waals surface area (Å²) in [4.78, 5) is 26.7. The third-order valence-electron chi connectivity index (χ3n) is 5.64. The highest BCUT2D eigenvalue weighted by Gasteiger charge is 2.38. The van der Waals surface area contributed by atoms with Crippen LogP contribution in [0.3, 0.4) is 0 Å². The van der Waals surface area contributed by atoms with Crippen molar-refractivity contribution in [3.63, 3.8) is 0 Å². The maximum absolute atomic E-state index is 12.5. The highest BCUT2D eigenvalue weighted by atomic mass is 16.2. The molecule has 2 fully saturated rings. The van der Waals surface area contributed by atoms with Gasteiger partial charge in [0.25, 0.3) is 0 Å². The van der Waals surface area contributed by atoms with Crippen molar-refractivity contribution in [1.82, 2.24) is 20.0 Å². The van der Waals surface area contributed by atoms with Crippen LogP contribution in [0.4, 0.5) is 0 Å². The normalized spacial score (nSPS) is 20.4. The number of hydrogen-bond acceptors (Lipinski definition) is 3. The second-order valence-corrected chi connectivity index (χ2v) is 7.63. The molecule has 0 bridgehead atoms. The molecule has 4 rings (SSSR count). The van der Waals surface area contributed by atoms with Crippen LogP contribution in [0, 0.1) is 5.92 Å². The zero-order valence-corrected chi connectivity index (χ0v) is 15.5. The van der Waals surface area contributed by atoms with Crippen LogP contribution in [-0.4, -0.2) is 39.1 Å². The number of nitrogens with zero attached hydrogens (tertiary/aromatic N) is 3. The van der Waals surface area contributed by atoms with Gasteiger partial charge in [0.05, 0.1) is 18.7 Å². The molecule has 2 aromatic rings. The maximum Gasteiger partial charge on any atom is 0.225 e. The summed E-state index contributed by atoms with van der Waals surface area (Å²) in [7, 11) is 0. The Kier molecular flexibility index (Phi) is 5.23. The van der Waals surface area contributed by atoms with Gasteiger partial charge in [0, 0.05) is 37.3 Å². The van der Waals surface area contributed by atoms with E-state index in [9.17, 15) is 9.59 Å².